The highest BCUT2D eigenvalue weighted by atomic mass is 19.1. The first-order valence-electron chi connectivity index (χ1n) is 5.56. The van der Waals surface area contributed by atoms with Crippen LogP contribution in [0.2, 0.25) is 0 Å². The van der Waals surface area contributed by atoms with E-state index in [2.05, 4.69) is 4.90 Å². The molecule has 0 aliphatic carbocycles. The molecule has 94 valence electrons. The molecule has 1 aliphatic heterocycles. The Bertz CT molecular complexity index is 380. The number of piperidine rings is 1. The van der Waals surface area contributed by atoms with E-state index in [4.69, 9.17) is 4.74 Å². The summed E-state index contributed by atoms with van der Waals surface area (Å²) in [6.45, 7) is 1.66. The van der Waals surface area contributed by atoms with E-state index in [-0.39, 0.29) is 6.10 Å². The second kappa shape index (κ2) is 4.96. The van der Waals surface area contributed by atoms with Gasteiger partial charge in [0.15, 0.2) is 17.4 Å². The monoisotopic (exact) mass is 245 g/mol. The number of nitrogens with zero attached hydrogens (tertiary/aromatic N) is 1. The summed E-state index contributed by atoms with van der Waals surface area (Å²) in [5, 5.41) is 0. The molecule has 2 nitrogen and oxygen atoms in total. The molecule has 0 amide bonds. The van der Waals surface area contributed by atoms with Crippen LogP contribution in [-0.4, -0.2) is 31.1 Å². The lowest BCUT2D eigenvalue weighted by Crippen LogP contribution is -2.35. The number of halogens is 3. The van der Waals surface area contributed by atoms with Crippen molar-refractivity contribution in [1.29, 1.82) is 0 Å². The van der Waals surface area contributed by atoms with Gasteiger partial charge in [-0.15, -0.1) is 0 Å². The standard InChI is InChI=1S/C12H14F3NO/c1-16-4-2-9(3-5-16)17-12-10(14)6-8(13)7-11(12)15/h6-7,9H,2-5H2,1H3. The third-order valence-electron chi connectivity index (χ3n) is 2.91. The summed E-state index contributed by atoms with van der Waals surface area (Å²) in [7, 11) is 1.98. The summed E-state index contributed by atoms with van der Waals surface area (Å²) >= 11 is 0. The van der Waals surface area contributed by atoms with Crippen molar-refractivity contribution < 1.29 is 17.9 Å². The van der Waals surface area contributed by atoms with E-state index in [1.54, 1.807) is 0 Å². The zero-order valence-electron chi connectivity index (χ0n) is 9.55. The third kappa shape index (κ3) is 2.91. The molecule has 1 heterocycles. The maximum absolute atomic E-state index is 13.3. The Hall–Kier alpha value is -1.23. The van der Waals surface area contributed by atoms with E-state index < -0.39 is 23.2 Å². The molecule has 2 rings (SSSR count). The molecule has 0 saturated carbocycles. The van der Waals surface area contributed by atoms with Crippen LogP contribution < -0.4 is 4.74 Å². The van der Waals surface area contributed by atoms with E-state index in [0.29, 0.717) is 25.0 Å². The fourth-order valence-corrected chi connectivity index (χ4v) is 1.91. The van der Waals surface area contributed by atoms with Crippen LogP contribution in [0.5, 0.6) is 5.75 Å². The Balaban J connectivity index is 2.08. The Kier molecular flexibility index (Phi) is 3.57. The van der Waals surface area contributed by atoms with Gasteiger partial charge in [-0.1, -0.05) is 0 Å². The maximum Gasteiger partial charge on any atom is 0.191 e. The van der Waals surface area contributed by atoms with Gasteiger partial charge in [0.05, 0.1) is 0 Å². The predicted molar refractivity (Wildman–Crippen MR) is 57.5 cm³/mol. The first-order chi connectivity index (χ1) is 8.06. The highest BCUT2D eigenvalue weighted by Gasteiger charge is 2.21. The molecule has 0 aromatic heterocycles. The minimum Gasteiger partial charge on any atom is -0.484 e. The van der Waals surface area contributed by atoms with Crippen LogP contribution in [0, 0.1) is 17.5 Å². The zero-order chi connectivity index (χ0) is 12.4. The number of rotatable bonds is 2. The highest BCUT2D eigenvalue weighted by Crippen LogP contribution is 2.26. The topological polar surface area (TPSA) is 12.5 Å². The predicted octanol–water partition coefficient (Wildman–Crippen LogP) is 2.58. The molecule has 0 unspecified atom stereocenters. The van der Waals surface area contributed by atoms with E-state index in [1.165, 1.54) is 0 Å². The normalized spacial score (nSPS) is 18.4. The first kappa shape index (κ1) is 12.2. The summed E-state index contributed by atoms with van der Waals surface area (Å²) in [6.07, 6.45) is 1.22. The average molecular weight is 245 g/mol. The van der Waals surface area contributed by atoms with Crippen molar-refractivity contribution in [2.45, 2.75) is 18.9 Å². The summed E-state index contributed by atoms with van der Waals surface area (Å²) in [6, 6.07) is 1.26. The van der Waals surface area contributed by atoms with Gasteiger partial charge in [-0.25, -0.2) is 13.2 Å². The average Bonchev–Trinajstić information content (AvgIpc) is 2.26. The molecule has 1 aliphatic rings. The van der Waals surface area contributed by atoms with E-state index in [0.717, 1.165) is 13.1 Å². The van der Waals surface area contributed by atoms with Crippen molar-refractivity contribution in [2.24, 2.45) is 0 Å². The highest BCUT2D eigenvalue weighted by molar-refractivity contribution is 5.27. The first-order valence-corrected chi connectivity index (χ1v) is 5.56. The molecule has 1 fully saturated rings. The van der Waals surface area contributed by atoms with Crippen LogP contribution in [0.25, 0.3) is 0 Å². The van der Waals surface area contributed by atoms with Crippen LogP contribution in [0.3, 0.4) is 0 Å². The molecule has 17 heavy (non-hydrogen) atoms. The molecule has 5 heteroatoms. The zero-order valence-corrected chi connectivity index (χ0v) is 9.55. The smallest absolute Gasteiger partial charge is 0.191 e. The number of hydrogen-bond acceptors (Lipinski definition) is 2. The van der Waals surface area contributed by atoms with E-state index in [9.17, 15) is 13.2 Å². The van der Waals surface area contributed by atoms with E-state index >= 15 is 0 Å². The number of likely N-dealkylation sites (tertiary alicyclic amines) is 1. The minimum atomic E-state index is -0.985. The van der Waals surface area contributed by atoms with Gasteiger partial charge in [0.1, 0.15) is 11.9 Å². The van der Waals surface area contributed by atoms with Crippen LogP contribution in [0.15, 0.2) is 12.1 Å². The Morgan fingerprint density at radius 2 is 1.65 bits per heavy atom. The molecule has 1 aromatic carbocycles. The van der Waals surface area contributed by atoms with Crippen molar-refractivity contribution in [3.63, 3.8) is 0 Å². The molecule has 0 atom stereocenters. The fourth-order valence-electron chi connectivity index (χ4n) is 1.91. The summed E-state index contributed by atoms with van der Waals surface area (Å²) in [4.78, 5) is 2.12. The lowest BCUT2D eigenvalue weighted by atomic mass is 10.1. The second-order valence-electron chi connectivity index (χ2n) is 4.32. The Labute approximate surface area is 98.0 Å². The van der Waals surface area contributed by atoms with Crippen molar-refractivity contribution in [3.8, 4) is 5.75 Å². The van der Waals surface area contributed by atoms with Crippen LogP contribution in [-0.2, 0) is 0 Å². The minimum absolute atomic E-state index is 0.208. The summed E-state index contributed by atoms with van der Waals surface area (Å²) in [5.41, 5.74) is 0. The molecule has 0 radical (unpaired) electrons. The summed E-state index contributed by atoms with van der Waals surface area (Å²) in [5.74, 6) is -3.38. The molecular weight excluding hydrogens is 231 g/mol. The molecule has 1 aromatic rings. The van der Waals surface area contributed by atoms with Crippen LogP contribution in [0.4, 0.5) is 13.2 Å². The molecular formula is C12H14F3NO. The van der Waals surface area contributed by atoms with Crippen molar-refractivity contribution in [3.05, 3.63) is 29.6 Å². The van der Waals surface area contributed by atoms with Gasteiger partial charge < -0.3 is 9.64 Å². The van der Waals surface area contributed by atoms with Gasteiger partial charge in [-0.05, 0) is 19.9 Å². The lowest BCUT2D eigenvalue weighted by Gasteiger charge is -2.29. The van der Waals surface area contributed by atoms with Crippen molar-refractivity contribution >= 4 is 0 Å². The van der Waals surface area contributed by atoms with Gasteiger partial charge in [-0.2, -0.15) is 0 Å². The van der Waals surface area contributed by atoms with Crippen LogP contribution in [0.1, 0.15) is 12.8 Å². The van der Waals surface area contributed by atoms with Gasteiger partial charge in [-0.3, -0.25) is 0 Å². The van der Waals surface area contributed by atoms with Crippen LogP contribution >= 0.6 is 0 Å². The largest absolute Gasteiger partial charge is 0.484 e. The maximum atomic E-state index is 13.3. The lowest BCUT2D eigenvalue weighted by molar-refractivity contribution is 0.105. The van der Waals surface area contributed by atoms with Gasteiger partial charge in [0, 0.05) is 25.2 Å². The number of ether oxygens (including phenoxy) is 1. The quantitative estimate of drug-likeness (QED) is 0.794. The fraction of sp³-hybridized carbons (Fsp3) is 0.500. The third-order valence-corrected chi connectivity index (χ3v) is 2.91. The van der Waals surface area contributed by atoms with Crippen molar-refractivity contribution in [1.82, 2.24) is 4.90 Å². The van der Waals surface area contributed by atoms with Gasteiger partial charge in [0.25, 0.3) is 0 Å². The Morgan fingerprint density at radius 3 is 2.18 bits per heavy atom. The van der Waals surface area contributed by atoms with Crippen molar-refractivity contribution in [2.75, 3.05) is 20.1 Å². The number of benzene rings is 1. The second-order valence-corrected chi connectivity index (χ2v) is 4.32. The molecule has 0 N–H and O–H groups in total. The SMILES string of the molecule is CN1CCC(Oc2c(F)cc(F)cc2F)CC1. The Morgan fingerprint density at radius 1 is 1.12 bits per heavy atom. The van der Waals surface area contributed by atoms with E-state index in [1.807, 2.05) is 7.05 Å². The molecule has 1 saturated heterocycles. The number of hydrogen-bond donors (Lipinski definition) is 0. The molecule has 0 bridgehead atoms. The van der Waals surface area contributed by atoms with Gasteiger partial charge in [0.2, 0.25) is 0 Å². The molecule has 0 spiro atoms. The van der Waals surface area contributed by atoms with Gasteiger partial charge >= 0.3 is 0 Å². The summed E-state index contributed by atoms with van der Waals surface area (Å²) < 4.78 is 44.6.